The first-order valence-electron chi connectivity index (χ1n) is 12.5. The Morgan fingerprint density at radius 1 is 1.00 bits per heavy atom. The molecule has 11 nitrogen and oxygen atoms in total. The summed E-state index contributed by atoms with van der Waals surface area (Å²) in [5.74, 6) is 0.352. The van der Waals surface area contributed by atoms with E-state index in [0.29, 0.717) is 44.6 Å². The molecule has 0 radical (unpaired) electrons. The molecule has 0 saturated carbocycles. The molecule has 2 saturated heterocycles. The molecule has 2 aromatic rings. The van der Waals surface area contributed by atoms with Gasteiger partial charge in [0.2, 0.25) is 0 Å². The fraction of sp³-hybridized carbons (Fsp3) is 0.462. The Bertz CT molecular complexity index is 1090. The summed E-state index contributed by atoms with van der Waals surface area (Å²) in [5, 5.41) is 24.4. The first kappa shape index (κ1) is 26.1. The second kappa shape index (κ2) is 12.3. The zero-order valence-electron chi connectivity index (χ0n) is 20.6. The number of para-hydroxylation sites is 1. The van der Waals surface area contributed by atoms with Crippen LogP contribution in [0.5, 0.6) is 5.75 Å². The van der Waals surface area contributed by atoms with Gasteiger partial charge in [-0.3, -0.25) is 10.1 Å². The number of rotatable bonds is 7. The third kappa shape index (κ3) is 7.02. The molecule has 2 aliphatic heterocycles. The number of anilines is 1. The van der Waals surface area contributed by atoms with Gasteiger partial charge in [-0.15, -0.1) is 0 Å². The second-order valence-electron chi connectivity index (χ2n) is 9.32. The summed E-state index contributed by atoms with van der Waals surface area (Å²) in [7, 11) is 0. The summed E-state index contributed by atoms with van der Waals surface area (Å²) < 4.78 is 11.6. The summed E-state index contributed by atoms with van der Waals surface area (Å²) in [6, 6.07) is 13.9. The van der Waals surface area contributed by atoms with Crippen molar-refractivity contribution in [3.63, 3.8) is 0 Å². The number of carboxylic acid groups (broad SMARTS) is 1. The van der Waals surface area contributed by atoms with Crippen LogP contribution in [-0.4, -0.2) is 70.3 Å². The van der Waals surface area contributed by atoms with E-state index in [4.69, 9.17) is 9.47 Å². The van der Waals surface area contributed by atoms with E-state index in [9.17, 15) is 24.8 Å². The molecule has 11 heteroatoms. The molecule has 2 amide bonds. The van der Waals surface area contributed by atoms with E-state index in [1.807, 2.05) is 30.3 Å². The minimum atomic E-state index is -0.998. The van der Waals surface area contributed by atoms with Crippen LogP contribution >= 0.6 is 0 Å². The zero-order valence-corrected chi connectivity index (χ0v) is 20.6. The summed E-state index contributed by atoms with van der Waals surface area (Å²) >= 11 is 0. The van der Waals surface area contributed by atoms with Gasteiger partial charge in [-0.25, -0.2) is 9.59 Å². The highest BCUT2D eigenvalue weighted by atomic mass is 16.6. The molecule has 2 aliphatic rings. The minimum Gasteiger partial charge on any atom is -0.488 e. The van der Waals surface area contributed by atoms with Crippen LogP contribution in [0.15, 0.2) is 48.5 Å². The second-order valence-corrected chi connectivity index (χ2v) is 9.32. The number of benzene rings is 2. The molecule has 0 aromatic heterocycles. The fourth-order valence-electron chi connectivity index (χ4n) is 4.70. The minimum absolute atomic E-state index is 0.120. The lowest BCUT2D eigenvalue weighted by Gasteiger charge is -2.32. The predicted molar refractivity (Wildman–Crippen MR) is 136 cm³/mol. The number of hydrogen-bond donors (Lipinski definition) is 2. The van der Waals surface area contributed by atoms with Crippen LogP contribution in [0.4, 0.5) is 21.0 Å². The molecule has 2 fully saturated rings. The van der Waals surface area contributed by atoms with E-state index in [0.717, 1.165) is 18.4 Å². The molecule has 2 aromatic carbocycles. The average Bonchev–Trinajstić information content (AvgIpc) is 3.15. The standard InChI is InChI=1S/C26H32N4O7/c31-25(32)29-14-5-4-9-20(17-29)27-24-22(30(34)35)10-6-11-23(24)37-21-12-15-28(16-13-21)26(33)36-18-19-7-2-1-3-8-19/h1-3,6-8,10-11,20-21,27H,4-5,9,12-18H2,(H,31,32). The normalized spacial score (nSPS) is 18.5. The highest BCUT2D eigenvalue weighted by Crippen LogP contribution is 2.37. The van der Waals surface area contributed by atoms with Gasteiger partial charge in [0.05, 0.1) is 4.92 Å². The molecule has 2 heterocycles. The number of hydrogen-bond acceptors (Lipinski definition) is 7. The Balaban J connectivity index is 1.38. The van der Waals surface area contributed by atoms with Crippen molar-refractivity contribution in [2.45, 2.75) is 50.9 Å². The van der Waals surface area contributed by atoms with Gasteiger partial charge in [-0.2, -0.15) is 0 Å². The Labute approximate surface area is 215 Å². The lowest BCUT2D eigenvalue weighted by Crippen LogP contribution is -2.42. The van der Waals surface area contributed by atoms with Gasteiger partial charge >= 0.3 is 12.2 Å². The number of nitrogens with zero attached hydrogens (tertiary/aromatic N) is 3. The predicted octanol–water partition coefficient (Wildman–Crippen LogP) is 4.72. The van der Waals surface area contributed by atoms with Crippen molar-refractivity contribution in [2.75, 3.05) is 31.5 Å². The topological polar surface area (TPSA) is 134 Å². The number of nitrogens with one attached hydrogen (secondary N) is 1. The maximum atomic E-state index is 12.5. The molecule has 0 aliphatic carbocycles. The van der Waals surface area contributed by atoms with Crippen LogP contribution in [0.2, 0.25) is 0 Å². The number of nitro groups is 1. The van der Waals surface area contributed by atoms with Crippen LogP contribution < -0.4 is 10.1 Å². The molecule has 37 heavy (non-hydrogen) atoms. The lowest BCUT2D eigenvalue weighted by atomic mass is 10.1. The van der Waals surface area contributed by atoms with Gasteiger partial charge in [0, 0.05) is 51.1 Å². The van der Waals surface area contributed by atoms with Crippen molar-refractivity contribution in [2.24, 2.45) is 0 Å². The van der Waals surface area contributed by atoms with Crippen LogP contribution in [0.1, 0.15) is 37.7 Å². The first-order valence-corrected chi connectivity index (χ1v) is 12.5. The largest absolute Gasteiger partial charge is 0.488 e. The Kier molecular flexibility index (Phi) is 8.65. The molecule has 198 valence electrons. The van der Waals surface area contributed by atoms with Crippen molar-refractivity contribution in [3.05, 3.63) is 64.2 Å². The molecular weight excluding hydrogens is 480 g/mol. The monoisotopic (exact) mass is 512 g/mol. The maximum Gasteiger partial charge on any atom is 0.410 e. The Morgan fingerprint density at radius 2 is 1.76 bits per heavy atom. The van der Waals surface area contributed by atoms with Gasteiger partial charge in [-0.05, 0) is 30.9 Å². The van der Waals surface area contributed by atoms with E-state index in [-0.39, 0.29) is 42.8 Å². The van der Waals surface area contributed by atoms with Crippen molar-refractivity contribution in [1.29, 1.82) is 0 Å². The summed E-state index contributed by atoms with van der Waals surface area (Å²) in [6.07, 6.45) is 1.76. The highest BCUT2D eigenvalue weighted by Gasteiger charge is 2.29. The number of nitro benzene ring substituents is 1. The van der Waals surface area contributed by atoms with Crippen LogP contribution in [-0.2, 0) is 11.3 Å². The molecule has 1 atom stereocenters. The maximum absolute atomic E-state index is 12.5. The molecule has 1 unspecified atom stereocenters. The molecule has 0 spiro atoms. The Morgan fingerprint density at radius 3 is 2.46 bits per heavy atom. The number of likely N-dealkylation sites (tertiary alicyclic amines) is 2. The number of carbonyl (C=O) groups excluding carboxylic acids is 1. The fourth-order valence-corrected chi connectivity index (χ4v) is 4.70. The summed E-state index contributed by atoms with van der Waals surface area (Å²) in [4.78, 5) is 38.3. The van der Waals surface area contributed by atoms with Crippen LogP contribution in [0, 0.1) is 10.1 Å². The van der Waals surface area contributed by atoms with Gasteiger partial charge in [0.15, 0.2) is 5.69 Å². The third-order valence-corrected chi connectivity index (χ3v) is 6.69. The summed E-state index contributed by atoms with van der Waals surface area (Å²) in [5.41, 5.74) is 1.06. The zero-order chi connectivity index (χ0) is 26.2. The molecule has 4 rings (SSSR count). The number of amides is 2. The van der Waals surface area contributed by atoms with Gasteiger partial charge in [0.25, 0.3) is 5.69 Å². The Hall–Kier alpha value is -4.02. The molecular formula is C26H32N4O7. The average molecular weight is 513 g/mol. The summed E-state index contributed by atoms with van der Waals surface area (Å²) in [6.45, 7) is 1.79. The van der Waals surface area contributed by atoms with Gasteiger partial charge in [-0.1, -0.05) is 36.4 Å². The quantitative estimate of drug-likeness (QED) is 0.402. The van der Waals surface area contributed by atoms with E-state index in [1.165, 1.54) is 11.0 Å². The highest BCUT2D eigenvalue weighted by molar-refractivity contribution is 5.71. The number of ether oxygens (including phenoxy) is 2. The first-order chi connectivity index (χ1) is 17.9. The van der Waals surface area contributed by atoms with E-state index in [2.05, 4.69) is 5.32 Å². The molecule has 0 bridgehead atoms. The number of carbonyl (C=O) groups is 2. The van der Waals surface area contributed by atoms with E-state index < -0.39 is 11.0 Å². The third-order valence-electron chi connectivity index (χ3n) is 6.69. The van der Waals surface area contributed by atoms with Gasteiger partial charge < -0.3 is 29.7 Å². The van der Waals surface area contributed by atoms with Crippen molar-refractivity contribution in [1.82, 2.24) is 9.80 Å². The number of piperidine rings is 1. The van der Waals surface area contributed by atoms with Crippen molar-refractivity contribution in [3.8, 4) is 5.75 Å². The van der Waals surface area contributed by atoms with Crippen molar-refractivity contribution >= 4 is 23.6 Å². The van der Waals surface area contributed by atoms with E-state index >= 15 is 0 Å². The SMILES string of the molecule is O=C(O)N1CCCCC(Nc2c(OC3CCN(C(=O)OCc4ccccc4)CC3)cccc2[N+](=O)[O-])C1. The van der Waals surface area contributed by atoms with Crippen LogP contribution in [0.3, 0.4) is 0 Å². The van der Waals surface area contributed by atoms with Gasteiger partial charge in [0.1, 0.15) is 18.5 Å². The molecule has 2 N–H and O–H groups in total. The van der Waals surface area contributed by atoms with Crippen LogP contribution in [0.25, 0.3) is 0 Å². The van der Waals surface area contributed by atoms with E-state index in [1.54, 1.807) is 17.0 Å². The smallest absolute Gasteiger partial charge is 0.410 e. The van der Waals surface area contributed by atoms with Crippen molar-refractivity contribution < 1.29 is 29.1 Å². The lowest BCUT2D eigenvalue weighted by molar-refractivity contribution is -0.384.